The normalized spacial score (nSPS) is 25.3. The second-order valence-corrected chi connectivity index (χ2v) is 11.0. The summed E-state index contributed by atoms with van der Waals surface area (Å²) in [6.45, 7) is 0.387. The Bertz CT molecular complexity index is 1550. The molecule has 0 spiro atoms. The number of rotatable bonds is 10. The molecule has 2 N–H and O–H groups in total. The van der Waals surface area contributed by atoms with Crippen LogP contribution in [-0.2, 0) is 45.2 Å². The molecule has 5 heteroatoms. The first-order valence-electron chi connectivity index (χ1n) is 14.7. The van der Waals surface area contributed by atoms with Gasteiger partial charge in [-0.1, -0.05) is 152 Å². The average molecular weight is 573 g/mol. The summed E-state index contributed by atoms with van der Waals surface area (Å²) < 4.78 is 20.0. The van der Waals surface area contributed by atoms with E-state index in [4.69, 9.17) is 14.2 Å². The summed E-state index contributed by atoms with van der Waals surface area (Å²) in [6, 6.07) is 48.0. The van der Waals surface area contributed by atoms with Gasteiger partial charge in [0.2, 0.25) is 5.79 Å². The maximum absolute atomic E-state index is 13.2. The third-order valence-electron chi connectivity index (χ3n) is 8.09. The van der Waals surface area contributed by atoms with Crippen molar-refractivity contribution in [1.29, 1.82) is 0 Å². The predicted molar refractivity (Wildman–Crippen MR) is 166 cm³/mol. The van der Waals surface area contributed by atoms with Gasteiger partial charge in [-0.25, -0.2) is 0 Å². The van der Waals surface area contributed by atoms with Crippen molar-refractivity contribution in [3.05, 3.63) is 179 Å². The van der Waals surface area contributed by atoms with E-state index in [0.717, 1.165) is 16.7 Å². The van der Waals surface area contributed by atoms with Crippen LogP contribution >= 0.6 is 0 Å². The van der Waals surface area contributed by atoms with Crippen molar-refractivity contribution in [2.75, 3.05) is 0 Å². The zero-order valence-corrected chi connectivity index (χ0v) is 23.9. The topological polar surface area (TPSA) is 68.2 Å². The molecule has 5 nitrogen and oxygen atoms in total. The zero-order valence-electron chi connectivity index (χ0n) is 23.9. The maximum Gasteiger partial charge on any atom is 0.223 e. The molecule has 43 heavy (non-hydrogen) atoms. The molecule has 1 aliphatic rings. The molecule has 1 fully saturated rings. The molecular weight excluding hydrogens is 536 g/mol. The molecule has 5 atom stereocenters. The van der Waals surface area contributed by atoms with Crippen LogP contribution in [0.15, 0.2) is 152 Å². The van der Waals surface area contributed by atoms with Gasteiger partial charge in [0.15, 0.2) is 6.10 Å². The molecule has 1 aliphatic heterocycles. The smallest absolute Gasteiger partial charge is 0.223 e. The Morgan fingerprint density at radius 3 is 1.44 bits per heavy atom. The highest BCUT2D eigenvalue weighted by Crippen LogP contribution is 2.50. The molecule has 0 saturated carbocycles. The van der Waals surface area contributed by atoms with E-state index in [1.807, 2.05) is 140 Å². The van der Waals surface area contributed by atoms with Gasteiger partial charge in [-0.3, -0.25) is 0 Å². The fourth-order valence-corrected chi connectivity index (χ4v) is 5.99. The Morgan fingerprint density at radius 1 is 0.512 bits per heavy atom. The van der Waals surface area contributed by atoms with Crippen LogP contribution in [0.4, 0.5) is 0 Å². The molecule has 0 aromatic heterocycles. The van der Waals surface area contributed by atoms with Crippen LogP contribution in [-0.4, -0.2) is 28.5 Å². The monoisotopic (exact) mass is 572 g/mol. The summed E-state index contributed by atoms with van der Waals surface area (Å²) in [7, 11) is 0. The lowest BCUT2D eigenvalue weighted by molar-refractivity contribution is -0.399. The van der Waals surface area contributed by atoms with Gasteiger partial charge in [-0.15, -0.1) is 0 Å². The fourth-order valence-electron chi connectivity index (χ4n) is 5.99. The lowest BCUT2D eigenvalue weighted by atomic mass is 9.72. The summed E-state index contributed by atoms with van der Waals surface area (Å²) in [4.78, 5) is 0. The molecule has 0 amide bonds. The van der Waals surface area contributed by atoms with E-state index in [2.05, 4.69) is 0 Å². The number of benzene rings is 5. The van der Waals surface area contributed by atoms with Crippen LogP contribution in [0.5, 0.6) is 0 Å². The van der Waals surface area contributed by atoms with Crippen LogP contribution in [0.1, 0.15) is 27.8 Å². The van der Waals surface area contributed by atoms with Gasteiger partial charge in [-0.05, 0) is 22.3 Å². The van der Waals surface area contributed by atoms with Crippen molar-refractivity contribution in [2.24, 2.45) is 0 Å². The Balaban J connectivity index is 1.50. The number of aliphatic hydroxyl groups is 2. The van der Waals surface area contributed by atoms with E-state index in [1.165, 1.54) is 0 Å². The summed E-state index contributed by atoms with van der Waals surface area (Å²) >= 11 is 0. The standard InChI is InChI=1S/C38H36O5/c39-37(32-22-12-4-13-23-32)35(41-27-30-18-8-2-9-19-30)34(26-29-16-6-1-7-17-29)43-38(40,33-24-14-5-15-25-33)36(37)42-28-31-20-10-3-11-21-31/h1-25,34-36,39-40H,26-28H2/t34-,35-,36+,37-,38+/m1/s1. The summed E-state index contributed by atoms with van der Waals surface area (Å²) in [6.07, 6.45) is -2.49. The molecule has 6 rings (SSSR count). The summed E-state index contributed by atoms with van der Waals surface area (Å²) in [5, 5.41) is 25.8. The van der Waals surface area contributed by atoms with Crippen molar-refractivity contribution >= 4 is 0 Å². The minimum Gasteiger partial charge on any atom is -0.379 e. The number of ether oxygens (including phenoxy) is 3. The first kappa shape index (κ1) is 29.0. The van der Waals surface area contributed by atoms with E-state index in [-0.39, 0.29) is 13.2 Å². The van der Waals surface area contributed by atoms with Crippen LogP contribution in [0.2, 0.25) is 0 Å². The Labute approximate surface area is 253 Å². The van der Waals surface area contributed by atoms with E-state index in [0.29, 0.717) is 17.5 Å². The Morgan fingerprint density at radius 2 is 0.930 bits per heavy atom. The first-order chi connectivity index (χ1) is 21.1. The first-order valence-corrected chi connectivity index (χ1v) is 14.7. The van der Waals surface area contributed by atoms with E-state index in [1.54, 1.807) is 12.1 Å². The van der Waals surface area contributed by atoms with E-state index < -0.39 is 29.7 Å². The average Bonchev–Trinajstić information content (AvgIpc) is 3.06. The molecular formula is C38H36O5. The summed E-state index contributed by atoms with van der Waals surface area (Å²) in [5.74, 6) is -2.01. The van der Waals surface area contributed by atoms with Gasteiger partial charge in [-0.2, -0.15) is 0 Å². The van der Waals surface area contributed by atoms with Gasteiger partial charge in [0, 0.05) is 12.0 Å². The van der Waals surface area contributed by atoms with Crippen molar-refractivity contribution in [3.8, 4) is 0 Å². The quantitative estimate of drug-likeness (QED) is 0.199. The van der Waals surface area contributed by atoms with Gasteiger partial charge in [0.05, 0.1) is 19.3 Å². The molecule has 0 aliphatic carbocycles. The van der Waals surface area contributed by atoms with Crippen molar-refractivity contribution in [1.82, 2.24) is 0 Å². The molecule has 218 valence electrons. The highest BCUT2D eigenvalue weighted by Gasteiger charge is 2.64. The minimum atomic E-state index is -2.01. The highest BCUT2D eigenvalue weighted by atomic mass is 16.7. The summed E-state index contributed by atoms with van der Waals surface area (Å²) in [5.41, 5.74) is 2.11. The van der Waals surface area contributed by atoms with Crippen molar-refractivity contribution in [2.45, 2.75) is 49.3 Å². The zero-order chi connectivity index (χ0) is 29.5. The van der Waals surface area contributed by atoms with Crippen LogP contribution in [0.25, 0.3) is 0 Å². The SMILES string of the molecule is O[C@]1(c2ccccc2)[C@H](OCc2ccccc2)[C@@H](Cc2ccccc2)O[C@@](O)(c2ccccc2)[C@H]1OCc1ccccc1. The maximum atomic E-state index is 13.2. The van der Waals surface area contributed by atoms with Gasteiger partial charge < -0.3 is 24.4 Å². The molecule has 0 unspecified atom stereocenters. The van der Waals surface area contributed by atoms with Gasteiger partial charge >= 0.3 is 0 Å². The third kappa shape index (κ3) is 6.18. The highest BCUT2D eigenvalue weighted by molar-refractivity contribution is 5.34. The molecule has 0 bridgehead atoms. The molecule has 5 aromatic carbocycles. The Hall–Kier alpha value is -4.10. The molecule has 0 radical (unpaired) electrons. The third-order valence-corrected chi connectivity index (χ3v) is 8.09. The lowest BCUT2D eigenvalue weighted by Crippen LogP contribution is -2.70. The lowest BCUT2D eigenvalue weighted by Gasteiger charge is -2.55. The van der Waals surface area contributed by atoms with Gasteiger partial charge in [0.1, 0.15) is 11.7 Å². The van der Waals surface area contributed by atoms with Crippen molar-refractivity contribution < 1.29 is 24.4 Å². The van der Waals surface area contributed by atoms with Crippen LogP contribution in [0.3, 0.4) is 0 Å². The molecule has 1 heterocycles. The number of hydrogen-bond acceptors (Lipinski definition) is 5. The van der Waals surface area contributed by atoms with Gasteiger partial charge in [0.25, 0.3) is 0 Å². The Kier molecular flexibility index (Phi) is 8.79. The second kappa shape index (κ2) is 13.0. The largest absolute Gasteiger partial charge is 0.379 e. The van der Waals surface area contributed by atoms with E-state index >= 15 is 0 Å². The fraction of sp³-hybridized carbons (Fsp3) is 0.211. The van der Waals surface area contributed by atoms with E-state index in [9.17, 15) is 10.2 Å². The molecule has 5 aromatic rings. The minimum absolute atomic E-state index is 0.147. The van der Waals surface area contributed by atoms with Crippen LogP contribution in [0, 0.1) is 0 Å². The van der Waals surface area contributed by atoms with Crippen LogP contribution < -0.4 is 0 Å². The molecule has 1 saturated heterocycles. The van der Waals surface area contributed by atoms with Crippen molar-refractivity contribution in [3.63, 3.8) is 0 Å². The number of hydrogen-bond donors (Lipinski definition) is 2. The second-order valence-electron chi connectivity index (χ2n) is 11.0. The predicted octanol–water partition coefficient (Wildman–Crippen LogP) is 6.53.